The average molecular weight is 777 g/mol. The van der Waals surface area contributed by atoms with Gasteiger partial charge >= 0.3 is 11.9 Å². The molecule has 6 aliphatic rings. The standard InChI is InChI=1S/C45H76O10/c1-29-5-7-31(32(25-29)27-50-49)28-51-55-40-22-20-38(21-23-40)53-36-14-10-34(11-15-36)45(3,4)33-8-12-35(13-9-33)52-37-16-18-39(19-17-37)54-44(48)41-24-6-30(2)26-42(41)43(46)47/h29-42,49H,5-28H2,1-4H3,(H,46,47). The van der Waals surface area contributed by atoms with Crippen LogP contribution in [0.5, 0.6) is 0 Å². The molecule has 0 aromatic rings. The maximum atomic E-state index is 13.0. The summed E-state index contributed by atoms with van der Waals surface area (Å²) in [5.74, 6) is 0.908. The first-order chi connectivity index (χ1) is 26.5. The van der Waals surface area contributed by atoms with Gasteiger partial charge in [0, 0.05) is 0 Å². The zero-order valence-electron chi connectivity index (χ0n) is 34.7. The van der Waals surface area contributed by atoms with E-state index in [1.54, 1.807) is 0 Å². The molecule has 6 aliphatic carbocycles. The molecule has 6 unspecified atom stereocenters. The second-order valence-corrected chi connectivity index (χ2v) is 19.9. The van der Waals surface area contributed by atoms with Crippen molar-refractivity contribution in [3.8, 4) is 0 Å². The Hall–Kier alpha value is -1.30. The van der Waals surface area contributed by atoms with E-state index < -0.39 is 17.8 Å². The minimum Gasteiger partial charge on any atom is -0.481 e. The van der Waals surface area contributed by atoms with E-state index in [2.05, 4.69) is 32.6 Å². The molecule has 0 spiro atoms. The third-order valence-corrected chi connectivity index (χ3v) is 15.7. The number of ether oxygens (including phenoxy) is 3. The molecule has 6 atom stereocenters. The second kappa shape index (κ2) is 20.6. The highest BCUT2D eigenvalue weighted by Crippen LogP contribution is 2.49. The largest absolute Gasteiger partial charge is 0.481 e. The number of aliphatic carboxylic acids is 1. The van der Waals surface area contributed by atoms with E-state index in [-0.39, 0.29) is 24.3 Å². The molecule has 10 nitrogen and oxygen atoms in total. The Kier molecular flexibility index (Phi) is 16.2. The van der Waals surface area contributed by atoms with Crippen molar-refractivity contribution in [2.75, 3.05) is 13.2 Å². The summed E-state index contributed by atoms with van der Waals surface area (Å²) in [5, 5.41) is 18.7. The number of hydrogen-bond acceptors (Lipinski definition) is 9. The van der Waals surface area contributed by atoms with Crippen LogP contribution in [0.1, 0.15) is 169 Å². The topological polar surface area (TPSA) is 130 Å². The fourth-order valence-corrected chi connectivity index (χ4v) is 11.8. The van der Waals surface area contributed by atoms with Crippen molar-refractivity contribution in [2.45, 2.75) is 206 Å². The van der Waals surface area contributed by atoms with E-state index in [4.69, 9.17) is 29.2 Å². The van der Waals surface area contributed by atoms with Crippen LogP contribution in [0.15, 0.2) is 0 Å². The summed E-state index contributed by atoms with van der Waals surface area (Å²) in [4.78, 5) is 40.9. The summed E-state index contributed by atoms with van der Waals surface area (Å²) in [6.07, 6.45) is 23.8. The van der Waals surface area contributed by atoms with Crippen molar-refractivity contribution in [1.29, 1.82) is 0 Å². The highest BCUT2D eigenvalue weighted by molar-refractivity contribution is 5.81. The van der Waals surface area contributed by atoms with Gasteiger partial charge in [0.15, 0.2) is 0 Å². The van der Waals surface area contributed by atoms with E-state index in [0.29, 0.717) is 73.5 Å². The van der Waals surface area contributed by atoms with Gasteiger partial charge in [-0.05, 0) is 176 Å². The lowest BCUT2D eigenvalue weighted by Gasteiger charge is -2.47. The quantitative estimate of drug-likeness (QED) is 0.0942. The van der Waals surface area contributed by atoms with Gasteiger partial charge in [0.05, 0.1) is 55.6 Å². The number of rotatable bonds is 15. The number of esters is 1. The summed E-state index contributed by atoms with van der Waals surface area (Å²) in [5.41, 5.74) is 0.324. The Morgan fingerprint density at radius 2 is 1.02 bits per heavy atom. The van der Waals surface area contributed by atoms with E-state index in [0.717, 1.165) is 95.3 Å². The highest BCUT2D eigenvalue weighted by atomic mass is 17.2. The number of carbonyl (C=O) groups is 2. The van der Waals surface area contributed by atoms with Crippen molar-refractivity contribution in [3.05, 3.63) is 0 Å². The smallest absolute Gasteiger partial charge is 0.310 e. The van der Waals surface area contributed by atoms with Gasteiger partial charge in [-0.3, -0.25) is 14.8 Å². The van der Waals surface area contributed by atoms with Crippen LogP contribution in [0, 0.1) is 52.8 Å². The molecule has 0 aromatic carbocycles. The summed E-state index contributed by atoms with van der Waals surface area (Å²) >= 11 is 0. The number of hydrogen-bond donors (Lipinski definition) is 2. The van der Waals surface area contributed by atoms with Gasteiger partial charge in [0.2, 0.25) is 0 Å². The molecule has 316 valence electrons. The van der Waals surface area contributed by atoms with Gasteiger partial charge in [0.25, 0.3) is 0 Å². The first kappa shape index (κ1) is 43.3. The van der Waals surface area contributed by atoms with Crippen LogP contribution in [0.2, 0.25) is 0 Å². The van der Waals surface area contributed by atoms with E-state index in [1.807, 2.05) is 0 Å². The van der Waals surface area contributed by atoms with Crippen molar-refractivity contribution < 1.29 is 48.8 Å². The first-order valence-electron chi connectivity index (χ1n) is 22.8. The lowest BCUT2D eigenvalue weighted by Crippen LogP contribution is -2.40. The molecule has 10 heteroatoms. The SMILES string of the molecule is CC1CCC(COOC2CCC(OC3CCC(C(C)(C)C4CCC(OC5CCC(OC(=O)C6CCC(C)CC6C(=O)O)CC5)CC4)CC3)CC2)C(COO)C1. The maximum absolute atomic E-state index is 13.0. The summed E-state index contributed by atoms with van der Waals surface area (Å²) in [7, 11) is 0. The Balaban J connectivity index is 0.822. The molecule has 6 fully saturated rings. The molecule has 0 amide bonds. The number of carboxylic acid groups (broad SMARTS) is 1. The van der Waals surface area contributed by atoms with Crippen LogP contribution in [-0.4, -0.2) is 72.1 Å². The third kappa shape index (κ3) is 12.1. The van der Waals surface area contributed by atoms with Crippen molar-refractivity contribution in [2.24, 2.45) is 52.8 Å². The van der Waals surface area contributed by atoms with Crippen molar-refractivity contribution >= 4 is 11.9 Å². The van der Waals surface area contributed by atoms with Crippen molar-refractivity contribution in [1.82, 2.24) is 0 Å². The zero-order valence-corrected chi connectivity index (χ0v) is 34.7. The molecule has 0 aliphatic heterocycles. The molecule has 0 bridgehead atoms. The highest BCUT2D eigenvalue weighted by Gasteiger charge is 2.43. The van der Waals surface area contributed by atoms with Gasteiger partial charge in [-0.25, -0.2) is 14.7 Å². The van der Waals surface area contributed by atoms with Crippen molar-refractivity contribution in [3.63, 3.8) is 0 Å². The summed E-state index contributed by atoms with van der Waals surface area (Å²) in [6.45, 7) is 10.4. The molecule has 0 heterocycles. The molecule has 6 rings (SSSR count). The maximum Gasteiger partial charge on any atom is 0.310 e. The Bertz CT molecular complexity index is 1160. The average Bonchev–Trinajstić information content (AvgIpc) is 3.17. The third-order valence-electron chi connectivity index (χ3n) is 15.7. The van der Waals surface area contributed by atoms with E-state index in [1.165, 1.54) is 44.9 Å². The van der Waals surface area contributed by atoms with Gasteiger partial charge in [0.1, 0.15) is 6.10 Å². The van der Waals surface area contributed by atoms with E-state index in [9.17, 15) is 14.7 Å². The van der Waals surface area contributed by atoms with Crippen LogP contribution in [0.25, 0.3) is 0 Å². The molecule has 6 saturated carbocycles. The monoisotopic (exact) mass is 777 g/mol. The molecule has 0 aromatic heterocycles. The van der Waals surface area contributed by atoms with E-state index >= 15 is 0 Å². The molecule has 2 N–H and O–H groups in total. The van der Waals surface area contributed by atoms with Gasteiger partial charge < -0.3 is 19.3 Å². The minimum absolute atomic E-state index is 0.114. The minimum atomic E-state index is -0.866. The molecular formula is C45H76O10. The summed E-state index contributed by atoms with van der Waals surface area (Å²) < 4.78 is 19.3. The normalized spacial score (nSPS) is 40.7. The van der Waals surface area contributed by atoms with Gasteiger partial charge in [-0.15, -0.1) is 0 Å². The summed E-state index contributed by atoms with van der Waals surface area (Å²) in [6, 6.07) is 0. The number of carbonyl (C=O) groups excluding carboxylic acids is 1. The number of carboxylic acids is 1. The van der Waals surface area contributed by atoms with Crippen LogP contribution in [0.4, 0.5) is 0 Å². The molecule has 55 heavy (non-hydrogen) atoms. The Labute approximate surface area is 331 Å². The Morgan fingerprint density at radius 1 is 0.545 bits per heavy atom. The van der Waals surface area contributed by atoms with Crippen LogP contribution in [0.3, 0.4) is 0 Å². The van der Waals surface area contributed by atoms with Gasteiger partial charge in [-0.2, -0.15) is 0 Å². The Morgan fingerprint density at radius 3 is 1.55 bits per heavy atom. The fraction of sp³-hybridized carbons (Fsp3) is 0.956. The second-order valence-electron chi connectivity index (χ2n) is 19.9. The lowest BCUT2D eigenvalue weighted by atomic mass is 9.60. The lowest BCUT2D eigenvalue weighted by molar-refractivity contribution is -0.341. The predicted molar refractivity (Wildman–Crippen MR) is 209 cm³/mol. The molecule has 0 saturated heterocycles. The first-order valence-corrected chi connectivity index (χ1v) is 22.8. The molecule has 0 radical (unpaired) electrons. The van der Waals surface area contributed by atoms with Gasteiger partial charge in [-0.1, -0.05) is 34.1 Å². The van der Waals surface area contributed by atoms with Crippen LogP contribution >= 0.6 is 0 Å². The fourth-order valence-electron chi connectivity index (χ4n) is 11.8. The van der Waals surface area contributed by atoms with Crippen LogP contribution in [-0.2, 0) is 38.5 Å². The predicted octanol–water partition coefficient (Wildman–Crippen LogP) is 9.96. The van der Waals surface area contributed by atoms with Crippen LogP contribution < -0.4 is 0 Å². The molecular weight excluding hydrogens is 700 g/mol. The zero-order chi connectivity index (χ0) is 39.0.